The lowest BCUT2D eigenvalue weighted by atomic mass is 9.81. The van der Waals surface area contributed by atoms with Crippen LogP contribution in [0.15, 0.2) is 24.3 Å². The molecule has 30 heavy (non-hydrogen) atoms. The van der Waals surface area contributed by atoms with Gasteiger partial charge in [-0.25, -0.2) is 0 Å². The molecule has 1 heterocycles. The van der Waals surface area contributed by atoms with Gasteiger partial charge in [0.05, 0.1) is 18.9 Å². The number of imide groups is 1. The molecule has 0 spiro atoms. The lowest BCUT2D eigenvalue weighted by Crippen LogP contribution is -2.37. The van der Waals surface area contributed by atoms with Crippen molar-refractivity contribution in [1.82, 2.24) is 4.90 Å². The summed E-state index contributed by atoms with van der Waals surface area (Å²) < 4.78 is 5.10. The average Bonchev–Trinajstić information content (AvgIpc) is 3.34. The number of rotatable bonds is 8. The Balaban J connectivity index is 1.19. The van der Waals surface area contributed by atoms with Crippen LogP contribution in [0.5, 0.6) is 5.75 Å². The fourth-order valence-electron chi connectivity index (χ4n) is 5.26. The van der Waals surface area contributed by atoms with Crippen molar-refractivity contribution in [3.8, 4) is 5.75 Å². The SMILES string of the molecule is COc1ccc(NC(=O)CCCCCN2C(=O)[C@@H]3[C@H]4C[C@@H]([C@H](Br)[C@@H]4Br)[C@@H]3C2=O)cc1. The van der Waals surface area contributed by atoms with Crippen LogP contribution in [0.4, 0.5) is 5.69 Å². The van der Waals surface area contributed by atoms with E-state index in [0.717, 1.165) is 37.1 Å². The van der Waals surface area contributed by atoms with Gasteiger partial charge in [0.15, 0.2) is 0 Å². The summed E-state index contributed by atoms with van der Waals surface area (Å²) in [5.74, 6) is 0.963. The molecule has 6 nitrogen and oxygen atoms in total. The van der Waals surface area contributed by atoms with Gasteiger partial charge in [0, 0.05) is 28.3 Å². The van der Waals surface area contributed by atoms with Crippen LogP contribution < -0.4 is 10.1 Å². The number of nitrogens with one attached hydrogen (secondary N) is 1. The third-order valence-corrected chi connectivity index (χ3v) is 9.94. The smallest absolute Gasteiger partial charge is 0.233 e. The van der Waals surface area contributed by atoms with Crippen LogP contribution in [0.25, 0.3) is 0 Å². The number of methoxy groups -OCH3 is 1. The van der Waals surface area contributed by atoms with Gasteiger partial charge in [-0.2, -0.15) is 0 Å². The van der Waals surface area contributed by atoms with Crippen LogP contribution in [-0.2, 0) is 14.4 Å². The molecule has 0 radical (unpaired) electrons. The molecular formula is C22H26Br2N2O4. The monoisotopic (exact) mass is 540 g/mol. The largest absolute Gasteiger partial charge is 0.497 e. The van der Waals surface area contributed by atoms with Gasteiger partial charge < -0.3 is 10.1 Å². The van der Waals surface area contributed by atoms with Gasteiger partial charge >= 0.3 is 0 Å². The van der Waals surface area contributed by atoms with E-state index in [2.05, 4.69) is 37.2 Å². The third kappa shape index (κ3) is 3.93. The van der Waals surface area contributed by atoms with Gasteiger partial charge in [-0.15, -0.1) is 0 Å². The van der Waals surface area contributed by atoms with Crippen LogP contribution in [0, 0.1) is 23.7 Å². The van der Waals surface area contributed by atoms with Crippen LogP contribution in [0.1, 0.15) is 32.1 Å². The number of anilines is 1. The van der Waals surface area contributed by atoms with Crippen LogP contribution in [0.3, 0.4) is 0 Å². The van der Waals surface area contributed by atoms with Crippen LogP contribution >= 0.6 is 31.9 Å². The van der Waals surface area contributed by atoms with E-state index >= 15 is 0 Å². The van der Waals surface area contributed by atoms with E-state index in [1.807, 2.05) is 0 Å². The molecule has 0 unspecified atom stereocenters. The van der Waals surface area contributed by atoms with E-state index < -0.39 is 0 Å². The molecule has 4 rings (SSSR count). The Labute approximate surface area is 193 Å². The number of fused-ring (bicyclic) bond motifs is 5. The zero-order chi connectivity index (χ0) is 21.4. The van der Waals surface area contributed by atoms with Gasteiger partial charge in [-0.3, -0.25) is 19.3 Å². The summed E-state index contributed by atoms with van der Waals surface area (Å²) in [6.45, 7) is 0.462. The molecule has 1 N–H and O–H groups in total. The Kier molecular flexibility index (Phi) is 6.53. The summed E-state index contributed by atoms with van der Waals surface area (Å²) in [6.07, 6.45) is 3.63. The molecule has 3 fully saturated rings. The zero-order valence-corrected chi connectivity index (χ0v) is 20.0. The highest BCUT2D eigenvalue weighted by Crippen LogP contribution is 2.60. The number of carbonyl (C=O) groups excluding carboxylic acids is 3. The first-order valence-electron chi connectivity index (χ1n) is 10.5. The highest BCUT2D eigenvalue weighted by Gasteiger charge is 2.66. The number of alkyl halides is 2. The zero-order valence-electron chi connectivity index (χ0n) is 16.9. The van der Waals surface area contributed by atoms with Crippen molar-refractivity contribution in [2.45, 2.75) is 41.8 Å². The van der Waals surface area contributed by atoms with Gasteiger partial charge in [-0.1, -0.05) is 38.3 Å². The maximum Gasteiger partial charge on any atom is 0.233 e. The summed E-state index contributed by atoms with van der Waals surface area (Å²) in [6, 6.07) is 7.22. The molecule has 1 aliphatic heterocycles. The lowest BCUT2D eigenvalue weighted by molar-refractivity contribution is -0.140. The minimum Gasteiger partial charge on any atom is -0.497 e. The van der Waals surface area contributed by atoms with E-state index in [1.54, 1.807) is 31.4 Å². The van der Waals surface area contributed by atoms with E-state index in [-0.39, 0.29) is 51.0 Å². The Morgan fingerprint density at radius 1 is 1.03 bits per heavy atom. The van der Waals surface area contributed by atoms with Crippen molar-refractivity contribution in [2.24, 2.45) is 23.7 Å². The Morgan fingerprint density at radius 2 is 1.63 bits per heavy atom. The highest BCUT2D eigenvalue weighted by atomic mass is 79.9. The maximum absolute atomic E-state index is 12.9. The number of benzene rings is 1. The number of ether oxygens (including phenoxy) is 1. The average molecular weight is 542 g/mol. The Morgan fingerprint density at radius 3 is 2.20 bits per heavy atom. The molecule has 1 aromatic rings. The molecule has 3 aliphatic rings. The fourth-order valence-corrected chi connectivity index (χ4v) is 7.13. The second-order valence-electron chi connectivity index (χ2n) is 8.42. The molecule has 8 heteroatoms. The normalized spacial score (nSPS) is 31.9. The van der Waals surface area contributed by atoms with Crippen molar-refractivity contribution in [3.63, 3.8) is 0 Å². The minimum atomic E-state index is -0.143. The predicted octanol–water partition coefficient (Wildman–Crippen LogP) is 3.97. The first kappa shape index (κ1) is 21.8. The predicted molar refractivity (Wildman–Crippen MR) is 121 cm³/mol. The molecule has 1 saturated heterocycles. The van der Waals surface area contributed by atoms with E-state index in [9.17, 15) is 14.4 Å². The molecule has 2 saturated carbocycles. The van der Waals surface area contributed by atoms with Gasteiger partial charge in [0.2, 0.25) is 17.7 Å². The summed E-state index contributed by atoms with van der Waals surface area (Å²) in [4.78, 5) is 39.8. The minimum absolute atomic E-state index is 0.0126. The van der Waals surface area contributed by atoms with Crippen molar-refractivity contribution in [3.05, 3.63) is 24.3 Å². The number of carbonyl (C=O) groups is 3. The molecular weight excluding hydrogens is 516 g/mol. The number of hydrogen-bond acceptors (Lipinski definition) is 4. The van der Waals surface area contributed by atoms with E-state index in [1.165, 1.54) is 4.90 Å². The number of halogens is 2. The topological polar surface area (TPSA) is 75.7 Å². The third-order valence-electron chi connectivity index (χ3n) is 6.74. The molecule has 2 aliphatic carbocycles. The van der Waals surface area contributed by atoms with Crippen LogP contribution in [-0.4, -0.2) is 45.9 Å². The number of nitrogens with zero attached hydrogens (tertiary/aromatic N) is 1. The highest BCUT2D eigenvalue weighted by molar-refractivity contribution is 9.12. The standard InChI is InChI=1S/C22H26Br2N2O4/c1-30-13-8-6-12(7-9-13)25-16(27)5-3-2-4-10-26-21(28)17-14-11-15(18(17)22(26)29)20(24)19(14)23/h6-9,14-15,17-20H,2-5,10-11H2,1H3,(H,25,27)/t14-,15-,17-,18+,19-,20+/m1/s1. The van der Waals surface area contributed by atoms with E-state index in [4.69, 9.17) is 4.74 Å². The van der Waals surface area contributed by atoms with Gasteiger partial charge in [-0.05, 0) is 55.4 Å². The molecule has 6 atom stereocenters. The Hall–Kier alpha value is -1.41. The first-order valence-corrected chi connectivity index (χ1v) is 12.3. The van der Waals surface area contributed by atoms with Crippen LogP contribution in [0.2, 0.25) is 0 Å². The molecule has 2 bridgehead atoms. The van der Waals surface area contributed by atoms with Gasteiger partial charge in [0.25, 0.3) is 0 Å². The second kappa shape index (κ2) is 8.99. The molecule has 3 amide bonds. The first-order chi connectivity index (χ1) is 14.4. The van der Waals surface area contributed by atoms with Crippen molar-refractivity contribution in [1.29, 1.82) is 0 Å². The van der Waals surface area contributed by atoms with Crippen molar-refractivity contribution >= 4 is 55.3 Å². The summed E-state index contributed by atoms with van der Waals surface area (Å²) in [5.41, 5.74) is 0.741. The summed E-state index contributed by atoms with van der Waals surface area (Å²) >= 11 is 7.42. The second-order valence-corrected chi connectivity index (χ2v) is 10.5. The van der Waals surface area contributed by atoms with E-state index in [0.29, 0.717) is 13.0 Å². The molecule has 0 aromatic heterocycles. The van der Waals surface area contributed by atoms with Gasteiger partial charge in [0.1, 0.15) is 5.75 Å². The molecule has 162 valence electrons. The quantitative estimate of drug-likeness (QED) is 0.307. The van der Waals surface area contributed by atoms with Crippen molar-refractivity contribution < 1.29 is 19.1 Å². The number of unbranched alkanes of at least 4 members (excludes halogenated alkanes) is 2. The fraction of sp³-hybridized carbons (Fsp3) is 0.591. The number of likely N-dealkylation sites (tertiary alicyclic amines) is 1. The lowest BCUT2D eigenvalue weighted by Gasteiger charge is -2.28. The maximum atomic E-state index is 12.9. The molecule has 1 aromatic carbocycles. The van der Waals surface area contributed by atoms with Crippen molar-refractivity contribution in [2.75, 3.05) is 19.0 Å². The Bertz CT molecular complexity index is 799. The number of amides is 3. The summed E-state index contributed by atoms with van der Waals surface area (Å²) in [7, 11) is 1.60. The summed E-state index contributed by atoms with van der Waals surface area (Å²) in [5, 5.41) is 2.87. The number of hydrogen-bond donors (Lipinski definition) is 1.